The van der Waals surface area contributed by atoms with Gasteiger partial charge in [-0.05, 0) is 51.3 Å². The van der Waals surface area contributed by atoms with Gasteiger partial charge in [0.2, 0.25) is 0 Å². The zero-order chi connectivity index (χ0) is 20.5. The highest BCUT2D eigenvalue weighted by atomic mass is 79.9. The molecule has 0 atom stereocenters. The minimum atomic E-state index is -4.43. The molecule has 9 heteroatoms. The molecule has 1 fully saturated rings. The second-order valence-corrected chi connectivity index (χ2v) is 8.17. The lowest BCUT2D eigenvalue weighted by molar-refractivity contribution is -0.173. The molecule has 1 saturated heterocycles. The third-order valence-corrected chi connectivity index (χ3v) is 5.40. The van der Waals surface area contributed by atoms with Gasteiger partial charge in [0.25, 0.3) is 0 Å². The Morgan fingerprint density at radius 2 is 1.67 bits per heavy atom. The van der Waals surface area contributed by atoms with Crippen LogP contribution in [0, 0.1) is 0 Å². The number of rotatable bonds is 6. The van der Waals surface area contributed by atoms with Crippen molar-refractivity contribution >= 4 is 28.6 Å². The van der Waals surface area contributed by atoms with E-state index in [1.54, 1.807) is 52.0 Å². The van der Waals surface area contributed by atoms with Gasteiger partial charge in [-0.2, -0.15) is 13.2 Å². The molecule has 1 heterocycles. The van der Waals surface area contributed by atoms with E-state index < -0.39 is 36.8 Å². The van der Waals surface area contributed by atoms with E-state index in [0.717, 1.165) is 0 Å². The van der Waals surface area contributed by atoms with Gasteiger partial charge in [-0.3, -0.25) is 0 Å². The second kappa shape index (κ2) is 8.23. The maximum atomic E-state index is 15.3. The summed E-state index contributed by atoms with van der Waals surface area (Å²) in [4.78, 5) is 0. The minimum absolute atomic E-state index is 0.0609. The van der Waals surface area contributed by atoms with Crippen molar-refractivity contribution in [3.8, 4) is 0 Å². The van der Waals surface area contributed by atoms with Gasteiger partial charge in [0.05, 0.1) is 17.8 Å². The lowest BCUT2D eigenvalue weighted by atomic mass is 9.82. The van der Waals surface area contributed by atoms with Crippen LogP contribution in [0.1, 0.15) is 39.7 Å². The van der Waals surface area contributed by atoms with Gasteiger partial charge in [-0.1, -0.05) is 34.1 Å². The number of halogens is 5. The zero-order valence-corrected chi connectivity index (χ0v) is 17.2. The molecule has 1 aromatic carbocycles. The highest BCUT2D eigenvalue weighted by Crippen LogP contribution is 2.41. The summed E-state index contributed by atoms with van der Waals surface area (Å²) in [6, 6.07) is 6.88. The summed E-state index contributed by atoms with van der Waals surface area (Å²) < 4.78 is 68.9. The Morgan fingerprint density at radius 1 is 1.11 bits per heavy atom. The topological polar surface area (TPSA) is 27.7 Å². The molecule has 1 aliphatic heterocycles. The second-order valence-electron chi connectivity index (χ2n) is 7.31. The highest BCUT2D eigenvalue weighted by Gasteiger charge is 2.53. The number of hydrogen-bond donors (Lipinski definition) is 0. The number of hydrogen-bond acceptors (Lipinski definition) is 3. The molecule has 0 bridgehead atoms. The van der Waals surface area contributed by atoms with Crippen molar-refractivity contribution in [1.82, 2.24) is 0 Å². The first kappa shape index (κ1) is 22.4. The Labute approximate surface area is 165 Å². The summed E-state index contributed by atoms with van der Waals surface area (Å²) in [5.74, 6) is 0. The quantitative estimate of drug-likeness (QED) is 0.313. The van der Waals surface area contributed by atoms with Crippen molar-refractivity contribution in [3.05, 3.63) is 40.0 Å². The number of benzene rings is 1. The van der Waals surface area contributed by atoms with Gasteiger partial charge in [-0.15, -0.1) is 0 Å². The molecule has 3 nitrogen and oxygen atoms in total. The van der Waals surface area contributed by atoms with Crippen molar-refractivity contribution in [2.24, 2.45) is 0 Å². The van der Waals surface area contributed by atoms with Gasteiger partial charge < -0.3 is 14.0 Å². The normalized spacial score (nSPS) is 20.0. The smallest absolute Gasteiger partial charge is 0.398 e. The SMILES string of the molecule is CC1(C)OB(C(F)=C(CCOCC(F)(F)F)c2ccccc2Br)OC1(C)C. The summed E-state index contributed by atoms with van der Waals surface area (Å²) in [5, 5.41) is 0. The summed E-state index contributed by atoms with van der Waals surface area (Å²) in [5.41, 5.74) is -1.44. The van der Waals surface area contributed by atoms with Crippen LogP contribution >= 0.6 is 15.9 Å². The Kier molecular flexibility index (Phi) is 6.82. The molecular formula is C18H22BBrF4O3. The van der Waals surface area contributed by atoms with Crippen LogP contribution in [0.25, 0.3) is 5.57 Å². The Hall–Kier alpha value is -0.895. The van der Waals surface area contributed by atoms with Crippen LogP contribution in [-0.2, 0) is 14.0 Å². The average molecular weight is 453 g/mol. The predicted octanol–water partition coefficient (Wildman–Crippen LogP) is 5.73. The molecule has 0 amide bonds. The third kappa shape index (κ3) is 5.56. The lowest BCUT2D eigenvalue weighted by Crippen LogP contribution is -2.41. The fraction of sp³-hybridized carbons (Fsp3) is 0.556. The van der Waals surface area contributed by atoms with E-state index in [1.165, 1.54) is 0 Å². The summed E-state index contributed by atoms with van der Waals surface area (Å²) in [6.45, 7) is 5.52. The van der Waals surface area contributed by atoms with Crippen LogP contribution in [-0.4, -0.2) is 37.7 Å². The number of ether oxygens (including phenoxy) is 1. The van der Waals surface area contributed by atoms with E-state index in [1.807, 2.05) is 0 Å². The van der Waals surface area contributed by atoms with Gasteiger partial charge in [0, 0.05) is 4.47 Å². The molecule has 0 N–H and O–H groups in total. The lowest BCUT2D eigenvalue weighted by Gasteiger charge is -2.32. The van der Waals surface area contributed by atoms with E-state index >= 15 is 4.39 Å². The molecule has 0 radical (unpaired) electrons. The molecule has 0 saturated carbocycles. The summed E-state index contributed by atoms with van der Waals surface area (Å²) in [6.07, 6.45) is -4.49. The molecule has 0 spiro atoms. The number of alkyl halides is 3. The van der Waals surface area contributed by atoms with E-state index in [4.69, 9.17) is 9.31 Å². The molecule has 2 rings (SSSR count). The predicted molar refractivity (Wildman–Crippen MR) is 99.7 cm³/mol. The minimum Gasteiger partial charge on any atom is -0.398 e. The van der Waals surface area contributed by atoms with E-state index in [9.17, 15) is 13.2 Å². The van der Waals surface area contributed by atoms with Gasteiger partial charge in [-0.25, -0.2) is 4.39 Å². The summed E-state index contributed by atoms with van der Waals surface area (Å²) >= 11 is 3.36. The van der Waals surface area contributed by atoms with Gasteiger partial charge in [0.1, 0.15) is 12.3 Å². The van der Waals surface area contributed by atoms with Crippen LogP contribution in [0.4, 0.5) is 17.6 Å². The van der Waals surface area contributed by atoms with E-state index in [0.29, 0.717) is 10.0 Å². The van der Waals surface area contributed by atoms with Crippen LogP contribution in [0.15, 0.2) is 34.5 Å². The Bertz CT molecular complexity index is 688. The van der Waals surface area contributed by atoms with Crippen LogP contribution < -0.4 is 0 Å². The van der Waals surface area contributed by atoms with E-state index in [-0.39, 0.29) is 18.6 Å². The van der Waals surface area contributed by atoms with Crippen molar-refractivity contribution in [3.63, 3.8) is 0 Å². The van der Waals surface area contributed by atoms with Gasteiger partial charge >= 0.3 is 13.3 Å². The standard InChI is InChI=1S/C18H22BBrF4O3/c1-16(2)17(3,4)27-19(26-16)15(21)13(9-10-25-11-18(22,23)24)12-7-5-6-8-14(12)20/h5-8H,9-11H2,1-4H3. The molecule has 0 aromatic heterocycles. The van der Waals surface area contributed by atoms with Crippen molar-refractivity contribution < 1.29 is 31.6 Å². The molecule has 0 unspecified atom stereocenters. The van der Waals surface area contributed by atoms with Gasteiger partial charge in [0.15, 0.2) is 0 Å². The van der Waals surface area contributed by atoms with Crippen molar-refractivity contribution in [1.29, 1.82) is 0 Å². The third-order valence-electron chi connectivity index (χ3n) is 4.71. The van der Waals surface area contributed by atoms with Crippen LogP contribution in [0.5, 0.6) is 0 Å². The fourth-order valence-corrected chi connectivity index (χ4v) is 3.06. The maximum absolute atomic E-state index is 15.3. The monoisotopic (exact) mass is 452 g/mol. The Morgan fingerprint density at radius 3 is 2.19 bits per heavy atom. The molecular weight excluding hydrogens is 431 g/mol. The van der Waals surface area contributed by atoms with Crippen LogP contribution in [0.3, 0.4) is 0 Å². The summed E-state index contributed by atoms with van der Waals surface area (Å²) in [7, 11) is -1.24. The molecule has 27 heavy (non-hydrogen) atoms. The molecule has 150 valence electrons. The highest BCUT2D eigenvalue weighted by molar-refractivity contribution is 9.10. The van der Waals surface area contributed by atoms with Crippen LogP contribution in [0.2, 0.25) is 0 Å². The Balaban J connectivity index is 2.29. The molecule has 0 aliphatic carbocycles. The fourth-order valence-electron chi connectivity index (χ4n) is 2.54. The largest absolute Gasteiger partial charge is 0.525 e. The van der Waals surface area contributed by atoms with E-state index in [2.05, 4.69) is 20.7 Å². The first-order valence-electron chi connectivity index (χ1n) is 8.48. The first-order valence-corrected chi connectivity index (χ1v) is 9.27. The molecule has 1 aromatic rings. The average Bonchev–Trinajstić information content (AvgIpc) is 2.75. The maximum Gasteiger partial charge on any atom is 0.525 e. The first-order chi connectivity index (χ1) is 12.3. The molecule has 1 aliphatic rings. The zero-order valence-electron chi connectivity index (χ0n) is 15.6. The van der Waals surface area contributed by atoms with Crippen molar-refractivity contribution in [2.45, 2.75) is 51.5 Å². The van der Waals surface area contributed by atoms with Crippen molar-refractivity contribution in [2.75, 3.05) is 13.2 Å².